The number of nitrogens with zero attached hydrogens (tertiary/aromatic N) is 3. The summed E-state index contributed by atoms with van der Waals surface area (Å²) in [6.45, 7) is 25.6. The molecule has 2 heterocycles. The Morgan fingerprint density at radius 3 is 1.48 bits per heavy atom. The summed E-state index contributed by atoms with van der Waals surface area (Å²) >= 11 is 6.48. The number of aromatic carboxylic acids is 1. The highest BCUT2D eigenvalue weighted by molar-refractivity contribution is 9.09. The summed E-state index contributed by atoms with van der Waals surface area (Å²) in [4.78, 5) is 44.9. The summed E-state index contributed by atoms with van der Waals surface area (Å²) < 4.78 is 25.0. The molecular formula is C41H48Br2N4O9. The molecule has 2 aliphatic heterocycles. The molecule has 2 saturated heterocycles. The average molecular weight is 901 g/mol. The minimum absolute atomic E-state index is 0. The second kappa shape index (κ2) is 27.0. The van der Waals surface area contributed by atoms with Gasteiger partial charge in [0.2, 0.25) is 6.54 Å². The third-order valence-corrected chi connectivity index (χ3v) is 9.32. The molecule has 3 aromatic rings. The van der Waals surface area contributed by atoms with E-state index in [0.29, 0.717) is 74.4 Å². The average Bonchev–Trinajstić information content (AvgIpc) is 3.24. The van der Waals surface area contributed by atoms with E-state index in [1.807, 2.05) is 12.1 Å². The summed E-state index contributed by atoms with van der Waals surface area (Å²) in [6.07, 6.45) is 2.34. The number of methoxy groups -OCH3 is 2. The van der Waals surface area contributed by atoms with Crippen molar-refractivity contribution in [2.75, 3.05) is 64.5 Å². The third kappa shape index (κ3) is 14.4. The minimum atomic E-state index is -0.977. The maximum atomic E-state index is 11.8. The van der Waals surface area contributed by atoms with Gasteiger partial charge in [0.05, 0.1) is 107 Å². The molecule has 15 heteroatoms. The molecule has 0 saturated carbocycles. The number of benzene rings is 3. The number of alkyl halides is 2. The lowest BCUT2D eigenvalue weighted by Crippen LogP contribution is -2.32. The van der Waals surface area contributed by atoms with Gasteiger partial charge >= 0.3 is 17.9 Å². The Morgan fingerprint density at radius 1 is 0.679 bits per heavy atom. The van der Waals surface area contributed by atoms with E-state index in [1.54, 1.807) is 60.7 Å². The maximum absolute atomic E-state index is 11.8. The monoisotopic (exact) mass is 898 g/mol. The fourth-order valence-electron chi connectivity index (χ4n) is 5.82. The van der Waals surface area contributed by atoms with Crippen molar-refractivity contribution >= 4 is 49.8 Å². The SMILES string of the molecule is BrCCOCCBr.N.[C-]#[N+]C1(c2ccccc2C(=O)O)CCOCC1.[C-]#[N+]C1(c2ccccc2C(=O)OC)CCOCC1.[C-]#[N+]Cc1ccccc1C(=O)OC. The topological polar surface area (TPSA) is 166 Å². The fourth-order valence-corrected chi connectivity index (χ4v) is 6.27. The Kier molecular flexibility index (Phi) is 23.8. The smallest absolute Gasteiger partial charge is 0.338 e. The van der Waals surface area contributed by atoms with Crippen LogP contribution in [0.3, 0.4) is 0 Å². The zero-order valence-corrected chi connectivity index (χ0v) is 34.8. The molecule has 56 heavy (non-hydrogen) atoms. The summed E-state index contributed by atoms with van der Waals surface area (Å²) in [5, 5.41) is 11.0. The number of hydrogen-bond acceptors (Lipinski definition) is 9. The second-order valence-corrected chi connectivity index (χ2v) is 13.4. The number of carbonyl (C=O) groups is 3. The van der Waals surface area contributed by atoms with E-state index in [-0.39, 0.29) is 30.2 Å². The highest BCUT2D eigenvalue weighted by Gasteiger charge is 2.44. The number of carboxylic acid groups (broad SMARTS) is 1. The number of ether oxygens (including phenoxy) is 5. The van der Waals surface area contributed by atoms with Gasteiger partial charge < -0.3 is 49.5 Å². The molecule has 2 aliphatic rings. The number of rotatable bonds is 10. The van der Waals surface area contributed by atoms with Gasteiger partial charge in [0.25, 0.3) is 11.1 Å². The quantitative estimate of drug-likeness (QED) is 0.0872. The zero-order valence-electron chi connectivity index (χ0n) is 31.6. The standard InChI is InChI=1S/C14H15NO3.C13H13NO3.C10H9NO2.C4H8Br2O.H3N/c1-15-14(7-9-18-10-8-14)12-6-4-3-5-11(12)13(16)17-2;1-14-13(6-8-17-9-7-13)11-5-3-2-4-10(11)12(15)16;1-11-7-8-5-3-4-6-9(8)10(12)13-2;5-1-3-7-4-2-6;/h3-6H,7-10H2,2H3;2-5H,6-9H2,(H,15,16);3-6H,7H2,2H3;1-4H2;1H3. The fraction of sp³-hybridized carbons (Fsp3) is 0.415. The maximum Gasteiger partial charge on any atom is 0.338 e. The van der Waals surface area contributed by atoms with E-state index in [1.165, 1.54) is 14.2 Å². The minimum Gasteiger partial charge on any atom is -0.478 e. The number of hydrogen-bond donors (Lipinski definition) is 2. The first-order valence-corrected chi connectivity index (χ1v) is 19.5. The summed E-state index contributed by atoms with van der Waals surface area (Å²) in [5.74, 6) is -1.76. The van der Waals surface area contributed by atoms with Gasteiger partial charge in [0, 0.05) is 16.2 Å². The van der Waals surface area contributed by atoms with Crippen LogP contribution < -0.4 is 6.15 Å². The van der Waals surface area contributed by atoms with E-state index in [2.05, 4.69) is 51.1 Å². The molecule has 0 bridgehead atoms. The van der Waals surface area contributed by atoms with Gasteiger partial charge in [-0.3, -0.25) is 0 Å². The summed E-state index contributed by atoms with van der Waals surface area (Å²) in [6, 6.07) is 20.9. The van der Waals surface area contributed by atoms with Crippen molar-refractivity contribution in [3.05, 3.63) is 140 Å². The van der Waals surface area contributed by atoms with Gasteiger partial charge in [-0.15, -0.1) is 0 Å². The van der Waals surface area contributed by atoms with Gasteiger partial charge in [0.1, 0.15) is 0 Å². The van der Waals surface area contributed by atoms with Gasteiger partial charge in [0.15, 0.2) is 0 Å². The van der Waals surface area contributed by atoms with E-state index in [0.717, 1.165) is 29.4 Å². The van der Waals surface area contributed by atoms with Crippen molar-refractivity contribution in [1.29, 1.82) is 0 Å². The highest BCUT2D eigenvalue weighted by atomic mass is 79.9. The molecule has 300 valence electrons. The van der Waals surface area contributed by atoms with Crippen LogP contribution in [0.1, 0.15) is 73.4 Å². The van der Waals surface area contributed by atoms with E-state index < -0.39 is 17.0 Å². The molecule has 0 aliphatic carbocycles. The van der Waals surface area contributed by atoms with Crippen LogP contribution in [0.5, 0.6) is 0 Å². The van der Waals surface area contributed by atoms with Crippen molar-refractivity contribution in [1.82, 2.24) is 6.15 Å². The lowest BCUT2D eigenvalue weighted by atomic mass is 9.81. The number of carboxylic acids is 1. The molecule has 0 amide bonds. The van der Waals surface area contributed by atoms with Crippen molar-refractivity contribution in [2.45, 2.75) is 43.3 Å². The van der Waals surface area contributed by atoms with Crippen LogP contribution in [0.25, 0.3) is 14.5 Å². The van der Waals surface area contributed by atoms with Crippen LogP contribution in [0, 0.1) is 19.7 Å². The Labute approximate surface area is 345 Å². The molecule has 0 radical (unpaired) electrons. The first-order chi connectivity index (χ1) is 26.6. The van der Waals surface area contributed by atoms with Crippen LogP contribution in [-0.4, -0.2) is 87.5 Å². The van der Waals surface area contributed by atoms with Gasteiger partial charge in [-0.05, 0) is 18.2 Å². The summed E-state index contributed by atoms with van der Waals surface area (Å²) in [7, 11) is 2.69. The van der Waals surface area contributed by atoms with Crippen molar-refractivity contribution in [3.8, 4) is 0 Å². The van der Waals surface area contributed by atoms with Crippen molar-refractivity contribution in [3.63, 3.8) is 0 Å². The van der Waals surface area contributed by atoms with Gasteiger partial charge in [-0.1, -0.05) is 86.5 Å². The Balaban J connectivity index is 0.000000388. The third-order valence-electron chi connectivity index (χ3n) is 8.68. The van der Waals surface area contributed by atoms with Crippen LogP contribution in [0.15, 0.2) is 72.8 Å². The molecule has 5 rings (SSSR count). The molecule has 0 aromatic heterocycles. The highest BCUT2D eigenvalue weighted by Crippen LogP contribution is 2.39. The molecule has 13 nitrogen and oxygen atoms in total. The van der Waals surface area contributed by atoms with Crippen LogP contribution >= 0.6 is 31.9 Å². The largest absolute Gasteiger partial charge is 0.478 e. The van der Waals surface area contributed by atoms with Gasteiger partial charge in [-0.2, -0.15) is 0 Å². The van der Waals surface area contributed by atoms with Crippen molar-refractivity contribution in [2.24, 2.45) is 0 Å². The summed E-state index contributed by atoms with van der Waals surface area (Å²) in [5.41, 5.74) is 1.89. The predicted octanol–water partition coefficient (Wildman–Crippen LogP) is 8.56. The lowest BCUT2D eigenvalue weighted by molar-refractivity contribution is 0.0564. The Bertz CT molecular complexity index is 1810. The Morgan fingerprint density at radius 2 is 1.07 bits per heavy atom. The molecule has 0 unspecified atom stereocenters. The Hall–Kier alpha value is -4.66. The number of carbonyl (C=O) groups excluding carboxylic acids is 2. The van der Waals surface area contributed by atoms with Crippen LogP contribution in [-0.2, 0) is 41.3 Å². The lowest BCUT2D eigenvalue weighted by Gasteiger charge is -2.27. The van der Waals surface area contributed by atoms with Crippen LogP contribution in [0.2, 0.25) is 0 Å². The first kappa shape index (κ1) is 49.4. The van der Waals surface area contributed by atoms with Crippen molar-refractivity contribution < 1.29 is 43.2 Å². The molecular weight excluding hydrogens is 852 g/mol. The molecule has 0 atom stereocenters. The molecule has 4 N–H and O–H groups in total. The van der Waals surface area contributed by atoms with E-state index in [9.17, 15) is 19.5 Å². The zero-order chi connectivity index (χ0) is 40.5. The van der Waals surface area contributed by atoms with E-state index >= 15 is 0 Å². The number of halogens is 2. The van der Waals surface area contributed by atoms with Gasteiger partial charge in [-0.25, -0.2) is 34.1 Å². The second-order valence-electron chi connectivity index (χ2n) is 11.9. The van der Waals surface area contributed by atoms with Crippen LogP contribution in [0.4, 0.5) is 0 Å². The number of esters is 2. The molecule has 0 spiro atoms. The first-order valence-electron chi connectivity index (χ1n) is 17.3. The predicted molar refractivity (Wildman–Crippen MR) is 219 cm³/mol. The van der Waals surface area contributed by atoms with E-state index in [4.69, 9.17) is 38.7 Å². The molecule has 2 fully saturated rings. The molecule has 3 aromatic carbocycles. The normalized spacial score (nSPS) is 14.5.